The minimum atomic E-state index is -0.328. The van der Waals surface area contributed by atoms with Gasteiger partial charge in [-0.2, -0.15) is 0 Å². The number of aliphatic hydroxyl groups excluding tert-OH is 1. The van der Waals surface area contributed by atoms with Gasteiger partial charge in [0.2, 0.25) is 0 Å². The summed E-state index contributed by atoms with van der Waals surface area (Å²) < 4.78 is 0. The van der Waals surface area contributed by atoms with Gasteiger partial charge in [0.25, 0.3) is 0 Å². The Hall–Kier alpha value is -1.02. The third-order valence-corrected chi connectivity index (χ3v) is 2.25. The molecule has 0 radical (unpaired) electrons. The Morgan fingerprint density at radius 2 is 2.27 bits per heavy atom. The Morgan fingerprint density at radius 1 is 1.45 bits per heavy atom. The van der Waals surface area contributed by atoms with E-state index in [0.29, 0.717) is 0 Å². The fourth-order valence-electron chi connectivity index (χ4n) is 1.69. The molecule has 1 aromatic carbocycles. The number of rotatable bonds is 0. The molecule has 1 aliphatic carbocycles. The zero-order chi connectivity index (χ0) is 7.84. The Balaban J connectivity index is 2.58. The van der Waals surface area contributed by atoms with Crippen LogP contribution in [0.4, 0.5) is 5.69 Å². The summed E-state index contributed by atoms with van der Waals surface area (Å²) in [4.78, 5) is 0. The molecule has 0 spiro atoms. The van der Waals surface area contributed by atoms with Gasteiger partial charge >= 0.3 is 0 Å². The van der Waals surface area contributed by atoms with E-state index in [0.717, 1.165) is 24.1 Å². The van der Waals surface area contributed by atoms with E-state index in [4.69, 9.17) is 5.73 Å². The van der Waals surface area contributed by atoms with E-state index in [1.54, 1.807) is 0 Å². The maximum absolute atomic E-state index is 9.48. The Labute approximate surface area is 65.7 Å². The van der Waals surface area contributed by atoms with E-state index >= 15 is 0 Å². The number of nitrogens with two attached hydrogens (primary N) is 1. The summed E-state index contributed by atoms with van der Waals surface area (Å²) >= 11 is 0. The second-order valence-electron chi connectivity index (χ2n) is 2.97. The van der Waals surface area contributed by atoms with Gasteiger partial charge in [0, 0.05) is 11.3 Å². The van der Waals surface area contributed by atoms with Crippen LogP contribution in [0.15, 0.2) is 18.2 Å². The molecular formula is C9H11NO. The second kappa shape index (κ2) is 2.24. The summed E-state index contributed by atoms with van der Waals surface area (Å²) in [5.41, 5.74) is 8.59. The number of nitrogen functional groups attached to an aromatic ring is 1. The summed E-state index contributed by atoms with van der Waals surface area (Å²) in [6.07, 6.45) is 1.46. The van der Waals surface area contributed by atoms with Crippen molar-refractivity contribution in [3.63, 3.8) is 0 Å². The van der Waals surface area contributed by atoms with Crippen molar-refractivity contribution in [2.24, 2.45) is 0 Å². The van der Waals surface area contributed by atoms with Crippen LogP contribution < -0.4 is 5.73 Å². The standard InChI is InChI=1S/C9H11NO/c10-7-3-1-2-6-4-5-8(11)9(6)7/h1-3,8,11H,4-5,10H2. The second-order valence-corrected chi connectivity index (χ2v) is 2.97. The number of fused-ring (bicyclic) bond motifs is 1. The first-order valence-electron chi connectivity index (χ1n) is 3.84. The van der Waals surface area contributed by atoms with E-state index in [1.165, 1.54) is 5.56 Å². The van der Waals surface area contributed by atoms with Gasteiger partial charge in [-0.3, -0.25) is 0 Å². The van der Waals surface area contributed by atoms with Crippen molar-refractivity contribution in [2.45, 2.75) is 18.9 Å². The molecule has 58 valence electrons. The molecule has 1 aromatic rings. The van der Waals surface area contributed by atoms with Crippen LogP contribution in [0.25, 0.3) is 0 Å². The molecule has 1 aliphatic rings. The summed E-state index contributed by atoms with van der Waals surface area (Å²) in [7, 11) is 0. The number of hydrogen-bond donors (Lipinski definition) is 2. The van der Waals surface area contributed by atoms with Crippen molar-refractivity contribution in [3.05, 3.63) is 29.3 Å². The van der Waals surface area contributed by atoms with Crippen LogP contribution in [0.5, 0.6) is 0 Å². The maximum Gasteiger partial charge on any atom is 0.0815 e. The zero-order valence-electron chi connectivity index (χ0n) is 6.25. The van der Waals surface area contributed by atoms with Crippen LogP contribution >= 0.6 is 0 Å². The Morgan fingerprint density at radius 3 is 3.00 bits per heavy atom. The number of benzene rings is 1. The highest BCUT2D eigenvalue weighted by Gasteiger charge is 2.21. The Bertz CT molecular complexity index is 283. The molecule has 1 atom stereocenters. The highest BCUT2D eigenvalue weighted by molar-refractivity contribution is 5.54. The minimum Gasteiger partial charge on any atom is -0.398 e. The highest BCUT2D eigenvalue weighted by atomic mass is 16.3. The van der Waals surface area contributed by atoms with E-state index in [9.17, 15) is 5.11 Å². The molecule has 0 amide bonds. The van der Waals surface area contributed by atoms with Gasteiger partial charge in [-0.25, -0.2) is 0 Å². The van der Waals surface area contributed by atoms with Crippen molar-refractivity contribution in [1.29, 1.82) is 0 Å². The number of anilines is 1. The van der Waals surface area contributed by atoms with Crippen LogP contribution in [0.3, 0.4) is 0 Å². The molecule has 0 fully saturated rings. The zero-order valence-corrected chi connectivity index (χ0v) is 6.25. The van der Waals surface area contributed by atoms with Crippen molar-refractivity contribution < 1.29 is 5.11 Å². The minimum absolute atomic E-state index is 0.328. The van der Waals surface area contributed by atoms with Crippen LogP contribution in [0.1, 0.15) is 23.7 Å². The maximum atomic E-state index is 9.48. The smallest absolute Gasteiger partial charge is 0.0815 e. The first-order chi connectivity index (χ1) is 5.29. The van der Waals surface area contributed by atoms with Gasteiger partial charge in [0.15, 0.2) is 0 Å². The topological polar surface area (TPSA) is 46.2 Å². The average molecular weight is 149 g/mol. The van der Waals surface area contributed by atoms with Crippen LogP contribution in [0, 0.1) is 0 Å². The lowest BCUT2D eigenvalue weighted by Gasteiger charge is -2.06. The summed E-state index contributed by atoms with van der Waals surface area (Å²) in [5.74, 6) is 0. The molecule has 1 unspecified atom stereocenters. The molecule has 0 heterocycles. The predicted octanol–water partition coefficient (Wildman–Crippen LogP) is 1.25. The molecule has 0 bridgehead atoms. The van der Waals surface area contributed by atoms with Crippen molar-refractivity contribution in [2.75, 3.05) is 5.73 Å². The molecule has 3 N–H and O–H groups in total. The molecule has 0 saturated heterocycles. The molecule has 0 saturated carbocycles. The lowest BCUT2D eigenvalue weighted by atomic mass is 10.1. The number of hydrogen-bond acceptors (Lipinski definition) is 2. The van der Waals surface area contributed by atoms with E-state index in [1.807, 2.05) is 18.2 Å². The van der Waals surface area contributed by atoms with Crippen LogP contribution in [0.2, 0.25) is 0 Å². The van der Waals surface area contributed by atoms with Crippen molar-refractivity contribution in [1.82, 2.24) is 0 Å². The third kappa shape index (κ3) is 0.906. The fraction of sp³-hybridized carbons (Fsp3) is 0.333. The Kier molecular flexibility index (Phi) is 1.36. The highest BCUT2D eigenvalue weighted by Crippen LogP contribution is 2.34. The normalized spacial score (nSPS) is 21.7. The SMILES string of the molecule is Nc1cccc2c1C(O)CC2. The lowest BCUT2D eigenvalue weighted by molar-refractivity contribution is 0.180. The van der Waals surface area contributed by atoms with E-state index in [-0.39, 0.29) is 6.10 Å². The van der Waals surface area contributed by atoms with E-state index in [2.05, 4.69) is 0 Å². The molecule has 0 aliphatic heterocycles. The molecular weight excluding hydrogens is 138 g/mol. The first kappa shape index (κ1) is 6.68. The van der Waals surface area contributed by atoms with Gasteiger partial charge in [-0.15, -0.1) is 0 Å². The molecule has 11 heavy (non-hydrogen) atoms. The third-order valence-electron chi connectivity index (χ3n) is 2.25. The molecule has 2 rings (SSSR count). The monoisotopic (exact) mass is 149 g/mol. The van der Waals surface area contributed by atoms with Gasteiger partial charge in [-0.05, 0) is 24.5 Å². The van der Waals surface area contributed by atoms with Gasteiger partial charge in [0.05, 0.1) is 6.10 Å². The first-order valence-corrected chi connectivity index (χ1v) is 3.84. The molecule has 2 nitrogen and oxygen atoms in total. The molecule has 0 aromatic heterocycles. The van der Waals surface area contributed by atoms with Crippen LogP contribution in [-0.2, 0) is 6.42 Å². The summed E-state index contributed by atoms with van der Waals surface area (Å²) in [6, 6.07) is 5.81. The van der Waals surface area contributed by atoms with Gasteiger partial charge in [0.1, 0.15) is 0 Å². The van der Waals surface area contributed by atoms with Crippen molar-refractivity contribution >= 4 is 5.69 Å². The average Bonchev–Trinajstić information content (AvgIpc) is 2.34. The van der Waals surface area contributed by atoms with Crippen LogP contribution in [-0.4, -0.2) is 5.11 Å². The van der Waals surface area contributed by atoms with Gasteiger partial charge in [-0.1, -0.05) is 12.1 Å². The quantitative estimate of drug-likeness (QED) is 0.545. The number of aryl methyl sites for hydroxylation is 1. The fourth-order valence-corrected chi connectivity index (χ4v) is 1.69. The number of aliphatic hydroxyl groups is 1. The summed E-state index contributed by atoms with van der Waals surface area (Å²) in [5, 5.41) is 9.48. The summed E-state index contributed by atoms with van der Waals surface area (Å²) in [6.45, 7) is 0. The van der Waals surface area contributed by atoms with Gasteiger partial charge < -0.3 is 10.8 Å². The predicted molar refractivity (Wildman–Crippen MR) is 44.1 cm³/mol. The lowest BCUT2D eigenvalue weighted by Crippen LogP contribution is -1.97. The largest absolute Gasteiger partial charge is 0.398 e. The molecule has 2 heteroatoms. The van der Waals surface area contributed by atoms with Crippen molar-refractivity contribution in [3.8, 4) is 0 Å². The van der Waals surface area contributed by atoms with E-state index < -0.39 is 0 Å².